The van der Waals surface area contributed by atoms with Gasteiger partial charge in [0.05, 0.1) is 24.5 Å². The van der Waals surface area contributed by atoms with Gasteiger partial charge in [0.2, 0.25) is 0 Å². The molecule has 2 amide bonds. The number of hydrogen-bond donors (Lipinski definition) is 0. The molecule has 2 aromatic carbocycles. The summed E-state index contributed by atoms with van der Waals surface area (Å²) in [6.45, 7) is 1.75. The van der Waals surface area contributed by atoms with Crippen molar-refractivity contribution < 1.29 is 23.1 Å². The molecule has 0 bridgehead atoms. The van der Waals surface area contributed by atoms with E-state index < -0.39 is 23.4 Å². The molecule has 0 aliphatic carbocycles. The number of imide groups is 1. The number of anilines is 1. The molecule has 0 radical (unpaired) electrons. The summed E-state index contributed by atoms with van der Waals surface area (Å²) in [6.07, 6.45) is 0. The van der Waals surface area contributed by atoms with Crippen molar-refractivity contribution in [2.24, 2.45) is 0 Å². The van der Waals surface area contributed by atoms with Crippen LogP contribution >= 0.6 is 0 Å². The van der Waals surface area contributed by atoms with Crippen LogP contribution in [-0.4, -0.2) is 43.0 Å². The van der Waals surface area contributed by atoms with Gasteiger partial charge in [-0.25, -0.2) is 13.7 Å². The maximum absolute atomic E-state index is 14.3. The Bertz CT molecular complexity index is 937. The Morgan fingerprint density at radius 3 is 2.26 bits per heavy atom. The number of hydrogen-bond acceptors (Lipinski definition) is 4. The van der Waals surface area contributed by atoms with Gasteiger partial charge in [-0.3, -0.25) is 9.59 Å². The molecule has 0 aromatic heterocycles. The van der Waals surface area contributed by atoms with Gasteiger partial charge < -0.3 is 9.64 Å². The van der Waals surface area contributed by atoms with Crippen molar-refractivity contribution in [3.05, 3.63) is 71.4 Å². The molecule has 138 valence electrons. The summed E-state index contributed by atoms with van der Waals surface area (Å²) >= 11 is 0. The first-order valence-corrected chi connectivity index (χ1v) is 8.54. The van der Waals surface area contributed by atoms with E-state index >= 15 is 0 Å². The highest BCUT2D eigenvalue weighted by Crippen LogP contribution is 2.36. The molecular formula is C20H16F2N2O3. The average molecular weight is 370 g/mol. The van der Waals surface area contributed by atoms with Crippen LogP contribution in [0.3, 0.4) is 0 Å². The lowest BCUT2D eigenvalue weighted by Crippen LogP contribution is -2.40. The van der Waals surface area contributed by atoms with Gasteiger partial charge in [-0.1, -0.05) is 30.3 Å². The summed E-state index contributed by atoms with van der Waals surface area (Å²) in [6, 6.07) is 11.6. The zero-order valence-electron chi connectivity index (χ0n) is 14.3. The number of carbonyl (C=O) groups is 2. The highest BCUT2D eigenvalue weighted by atomic mass is 19.1. The average Bonchev–Trinajstić information content (AvgIpc) is 2.94. The van der Waals surface area contributed by atoms with Crippen molar-refractivity contribution in [2.75, 3.05) is 31.2 Å². The van der Waals surface area contributed by atoms with Crippen LogP contribution in [0.25, 0.3) is 5.57 Å². The van der Waals surface area contributed by atoms with Crippen LogP contribution in [0.4, 0.5) is 14.5 Å². The molecule has 2 aliphatic rings. The zero-order chi connectivity index (χ0) is 19.0. The summed E-state index contributed by atoms with van der Waals surface area (Å²) in [4.78, 5) is 28.8. The van der Waals surface area contributed by atoms with Crippen LogP contribution in [0.1, 0.15) is 5.56 Å². The van der Waals surface area contributed by atoms with Crippen molar-refractivity contribution in [2.45, 2.75) is 0 Å². The Kier molecular flexibility index (Phi) is 4.45. The molecule has 0 saturated carbocycles. The fraction of sp³-hybridized carbons (Fsp3) is 0.200. The minimum absolute atomic E-state index is 0.214. The molecule has 0 spiro atoms. The van der Waals surface area contributed by atoms with E-state index in [0.717, 1.165) is 17.0 Å². The molecule has 2 aliphatic heterocycles. The third kappa shape index (κ3) is 3.00. The summed E-state index contributed by atoms with van der Waals surface area (Å²) in [5.41, 5.74) is 0.745. The largest absolute Gasteiger partial charge is 0.378 e. The fourth-order valence-corrected chi connectivity index (χ4v) is 3.34. The lowest BCUT2D eigenvalue weighted by atomic mass is 10.0. The van der Waals surface area contributed by atoms with Gasteiger partial charge in [-0.05, 0) is 17.7 Å². The van der Waals surface area contributed by atoms with E-state index in [-0.39, 0.29) is 17.0 Å². The minimum Gasteiger partial charge on any atom is -0.378 e. The van der Waals surface area contributed by atoms with E-state index in [0.29, 0.717) is 37.9 Å². The van der Waals surface area contributed by atoms with Crippen molar-refractivity contribution in [3.8, 4) is 0 Å². The maximum atomic E-state index is 14.3. The second-order valence-electron chi connectivity index (χ2n) is 6.23. The first-order chi connectivity index (χ1) is 13.1. The van der Waals surface area contributed by atoms with Crippen LogP contribution < -0.4 is 4.90 Å². The number of nitrogens with zero attached hydrogens (tertiary/aromatic N) is 2. The SMILES string of the molecule is O=C1C(c2ccccc2)=C(N2CCOCC2)C(=O)N1c1ccc(F)cc1F. The molecule has 4 rings (SSSR count). The summed E-state index contributed by atoms with van der Waals surface area (Å²) in [5.74, 6) is -2.99. The number of morpholine rings is 1. The Balaban J connectivity index is 1.84. The second-order valence-corrected chi connectivity index (χ2v) is 6.23. The first kappa shape index (κ1) is 17.4. The predicted octanol–water partition coefficient (Wildman–Crippen LogP) is 2.58. The van der Waals surface area contributed by atoms with E-state index in [1.807, 2.05) is 0 Å². The molecule has 1 saturated heterocycles. The smallest absolute Gasteiger partial charge is 0.282 e. The van der Waals surface area contributed by atoms with E-state index in [1.165, 1.54) is 0 Å². The molecule has 2 aromatic rings. The first-order valence-electron chi connectivity index (χ1n) is 8.54. The van der Waals surface area contributed by atoms with E-state index in [1.54, 1.807) is 35.2 Å². The summed E-state index contributed by atoms with van der Waals surface area (Å²) in [7, 11) is 0. The monoisotopic (exact) mass is 370 g/mol. The maximum Gasteiger partial charge on any atom is 0.282 e. The van der Waals surface area contributed by atoms with Crippen LogP contribution in [0.2, 0.25) is 0 Å². The molecule has 0 atom stereocenters. The Morgan fingerprint density at radius 2 is 1.59 bits per heavy atom. The number of rotatable bonds is 3. The lowest BCUT2D eigenvalue weighted by molar-refractivity contribution is -0.121. The van der Waals surface area contributed by atoms with Gasteiger partial charge in [-0.15, -0.1) is 0 Å². The molecule has 5 nitrogen and oxygen atoms in total. The van der Waals surface area contributed by atoms with E-state index in [9.17, 15) is 18.4 Å². The Labute approximate surface area is 154 Å². The highest BCUT2D eigenvalue weighted by Gasteiger charge is 2.43. The third-order valence-corrected chi connectivity index (χ3v) is 4.60. The van der Waals surface area contributed by atoms with Gasteiger partial charge >= 0.3 is 0 Å². The van der Waals surface area contributed by atoms with Crippen LogP contribution in [0.15, 0.2) is 54.2 Å². The molecule has 27 heavy (non-hydrogen) atoms. The number of halogens is 2. The normalized spacial score (nSPS) is 17.9. The lowest BCUT2D eigenvalue weighted by Gasteiger charge is -2.29. The predicted molar refractivity (Wildman–Crippen MR) is 94.6 cm³/mol. The number of benzene rings is 2. The summed E-state index contributed by atoms with van der Waals surface area (Å²) in [5, 5.41) is 0. The topological polar surface area (TPSA) is 49.9 Å². The van der Waals surface area contributed by atoms with Crippen molar-refractivity contribution in [1.29, 1.82) is 0 Å². The number of ether oxygens (including phenoxy) is 1. The van der Waals surface area contributed by atoms with Gasteiger partial charge in [0.1, 0.15) is 17.3 Å². The molecule has 7 heteroatoms. The fourth-order valence-electron chi connectivity index (χ4n) is 3.34. The number of carbonyl (C=O) groups excluding carboxylic acids is 2. The van der Waals surface area contributed by atoms with Crippen molar-refractivity contribution in [3.63, 3.8) is 0 Å². The molecule has 0 N–H and O–H groups in total. The van der Waals surface area contributed by atoms with Crippen molar-refractivity contribution >= 4 is 23.1 Å². The van der Waals surface area contributed by atoms with Crippen LogP contribution in [-0.2, 0) is 14.3 Å². The van der Waals surface area contributed by atoms with Crippen molar-refractivity contribution in [1.82, 2.24) is 4.90 Å². The zero-order valence-corrected chi connectivity index (χ0v) is 14.3. The van der Waals surface area contributed by atoms with Crippen LogP contribution in [0, 0.1) is 11.6 Å². The van der Waals surface area contributed by atoms with Gasteiger partial charge in [-0.2, -0.15) is 0 Å². The summed E-state index contributed by atoms with van der Waals surface area (Å²) < 4.78 is 32.9. The van der Waals surface area contributed by atoms with E-state index in [4.69, 9.17) is 4.74 Å². The molecule has 0 unspecified atom stereocenters. The molecule has 2 heterocycles. The number of amides is 2. The molecular weight excluding hydrogens is 354 g/mol. The minimum atomic E-state index is -0.965. The molecule has 1 fully saturated rings. The highest BCUT2D eigenvalue weighted by molar-refractivity contribution is 6.45. The third-order valence-electron chi connectivity index (χ3n) is 4.60. The quantitative estimate of drug-likeness (QED) is 0.780. The van der Waals surface area contributed by atoms with Gasteiger partial charge in [0, 0.05) is 19.2 Å². The Hall–Kier alpha value is -3.06. The van der Waals surface area contributed by atoms with Crippen LogP contribution in [0.5, 0.6) is 0 Å². The standard InChI is InChI=1S/C20H16F2N2O3/c21-14-6-7-16(15(22)12-14)24-19(25)17(13-4-2-1-3-5-13)18(20(24)26)23-8-10-27-11-9-23/h1-7,12H,8-11H2. The Morgan fingerprint density at radius 1 is 0.889 bits per heavy atom. The van der Waals surface area contributed by atoms with Gasteiger partial charge in [0.15, 0.2) is 0 Å². The van der Waals surface area contributed by atoms with E-state index in [2.05, 4.69) is 0 Å². The second kappa shape index (κ2) is 6.92. The van der Waals surface area contributed by atoms with Gasteiger partial charge in [0.25, 0.3) is 11.8 Å².